The van der Waals surface area contributed by atoms with E-state index in [9.17, 15) is 39.0 Å². The molecular weight excluding hydrogens is 592 g/mol. The number of benzene rings is 2. The molecule has 0 bridgehead atoms. The van der Waals surface area contributed by atoms with Crippen LogP contribution in [-0.4, -0.2) is 83.5 Å². The highest BCUT2D eigenvalue weighted by Gasteiger charge is 2.66. The topological polar surface area (TPSA) is 215 Å². The molecule has 0 spiro atoms. The minimum Gasteiger partial charge on any atom is -0.508 e. The Labute approximate surface area is 254 Å². The number of nitrogens with zero attached hydrogens (tertiary/aromatic N) is 2. The zero-order valence-electron chi connectivity index (χ0n) is 23.9. The summed E-state index contributed by atoms with van der Waals surface area (Å²) in [5.74, 6) is -4.19. The van der Waals surface area contributed by atoms with Gasteiger partial charge in [-0.15, -0.1) is 11.8 Å². The number of pyridine rings is 1. The molecule has 3 heterocycles. The van der Waals surface area contributed by atoms with E-state index in [1.54, 1.807) is 26.8 Å². The monoisotopic (exact) mass is 622 g/mol. The average Bonchev–Trinajstić information content (AvgIpc) is 3.22. The molecule has 14 nitrogen and oxygen atoms in total. The van der Waals surface area contributed by atoms with E-state index >= 15 is 0 Å². The SMILES string of the molecule is CCNC(=O)Nc1ccc2[nH]c(=O)c(C(=O)N(C(=O)C(N)c3ccc(O)cc3)[C@@H]3C(=O)N4[C@@H]3SC(C)(C)[C@@H]4C(=O)O)cc2c1. The van der Waals surface area contributed by atoms with Gasteiger partial charge in [0.1, 0.15) is 34.8 Å². The van der Waals surface area contributed by atoms with E-state index in [1.807, 2.05) is 0 Å². The van der Waals surface area contributed by atoms with Crippen LogP contribution in [0.25, 0.3) is 10.9 Å². The molecule has 2 aliphatic heterocycles. The quantitative estimate of drug-likeness (QED) is 0.209. The third kappa shape index (κ3) is 5.24. The van der Waals surface area contributed by atoms with Gasteiger partial charge in [0.2, 0.25) is 0 Å². The number of H-pyrrole nitrogens is 1. The zero-order chi connectivity index (χ0) is 32.1. The summed E-state index contributed by atoms with van der Waals surface area (Å²) in [7, 11) is 0. The zero-order valence-corrected chi connectivity index (χ0v) is 24.7. The summed E-state index contributed by atoms with van der Waals surface area (Å²) in [6.45, 7) is 5.44. The van der Waals surface area contributed by atoms with E-state index in [2.05, 4.69) is 15.6 Å². The first-order chi connectivity index (χ1) is 20.7. The fourth-order valence-corrected chi connectivity index (χ4v) is 7.15. The molecule has 230 valence electrons. The van der Waals surface area contributed by atoms with Crippen molar-refractivity contribution < 1.29 is 34.2 Å². The second-order valence-corrected chi connectivity index (χ2v) is 12.7. The number of phenolic OH excluding ortho intramolecular Hbond substituents is 1. The number of thioether (sulfide) groups is 1. The number of carbonyl (C=O) groups is 5. The number of nitrogens with two attached hydrogens (primary N) is 1. The molecule has 1 unspecified atom stereocenters. The van der Waals surface area contributed by atoms with Gasteiger partial charge in [-0.05, 0) is 62.7 Å². The number of imide groups is 1. The van der Waals surface area contributed by atoms with Crippen molar-refractivity contribution in [1.82, 2.24) is 20.1 Å². The number of hydrogen-bond acceptors (Lipinski definition) is 9. The summed E-state index contributed by atoms with van der Waals surface area (Å²) in [6.07, 6.45) is 0. The van der Waals surface area contributed by atoms with Gasteiger partial charge in [-0.1, -0.05) is 12.1 Å². The smallest absolute Gasteiger partial charge is 0.327 e. The molecule has 15 heteroatoms. The maximum Gasteiger partial charge on any atom is 0.327 e. The fourth-order valence-electron chi connectivity index (χ4n) is 5.48. The van der Waals surface area contributed by atoms with Crippen molar-refractivity contribution in [2.75, 3.05) is 11.9 Å². The number of carbonyl (C=O) groups excluding carboxylic acids is 4. The normalized spacial score (nSPS) is 20.8. The number of hydrogen-bond donors (Lipinski definition) is 6. The Morgan fingerprint density at radius 1 is 1.11 bits per heavy atom. The molecule has 2 aliphatic rings. The number of aromatic nitrogens is 1. The summed E-state index contributed by atoms with van der Waals surface area (Å²) in [5, 5.41) is 24.2. The van der Waals surface area contributed by atoms with Crippen LogP contribution in [0.15, 0.2) is 53.3 Å². The summed E-state index contributed by atoms with van der Waals surface area (Å²) in [4.78, 5) is 83.2. The first-order valence-corrected chi connectivity index (χ1v) is 14.5. The lowest BCUT2D eigenvalue weighted by Gasteiger charge is -2.47. The molecule has 2 aromatic carbocycles. The number of amides is 5. The average molecular weight is 623 g/mol. The number of aromatic amines is 1. The van der Waals surface area contributed by atoms with Crippen LogP contribution in [0.3, 0.4) is 0 Å². The molecular formula is C29H30N6O8S. The van der Waals surface area contributed by atoms with Crippen molar-refractivity contribution in [3.05, 3.63) is 70.0 Å². The van der Waals surface area contributed by atoms with Crippen LogP contribution in [0.5, 0.6) is 5.75 Å². The Bertz CT molecular complexity index is 1760. The summed E-state index contributed by atoms with van der Waals surface area (Å²) in [6, 6.07) is 6.66. The molecule has 2 saturated heterocycles. The van der Waals surface area contributed by atoms with Gasteiger partial charge < -0.3 is 36.5 Å². The predicted molar refractivity (Wildman–Crippen MR) is 161 cm³/mol. The molecule has 2 fully saturated rings. The number of urea groups is 1. The van der Waals surface area contributed by atoms with Crippen LogP contribution in [-0.2, 0) is 14.4 Å². The lowest BCUT2D eigenvalue weighted by Crippen LogP contribution is -2.72. The molecule has 1 aromatic heterocycles. The lowest BCUT2D eigenvalue weighted by molar-refractivity contribution is -0.166. The van der Waals surface area contributed by atoms with Crippen LogP contribution in [0.2, 0.25) is 0 Å². The molecule has 0 saturated carbocycles. The number of fused-ring (bicyclic) bond motifs is 2. The van der Waals surface area contributed by atoms with Crippen molar-refractivity contribution in [1.29, 1.82) is 0 Å². The Morgan fingerprint density at radius 3 is 2.43 bits per heavy atom. The van der Waals surface area contributed by atoms with Crippen LogP contribution < -0.4 is 21.9 Å². The number of anilines is 1. The van der Waals surface area contributed by atoms with Gasteiger partial charge in [0.05, 0.1) is 0 Å². The largest absolute Gasteiger partial charge is 0.508 e. The van der Waals surface area contributed by atoms with Gasteiger partial charge in [-0.3, -0.25) is 24.1 Å². The fraction of sp³-hybridized carbons (Fsp3) is 0.310. The van der Waals surface area contributed by atoms with E-state index in [-0.39, 0.29) is 11.3 Å². The van der Waals surface area contributed by atoms with Crippen LogP contribution in [0, 0.1) is 0 Å². The van der Waals surface area contributed by atoms with Gasteiger partial charge in [0.15, 0.2) is 0 Å². The minimum atomic E-state index is -1.47. The van der Waals surface area contributed by atoms with E-state index in [0.29, 0.717) is 28.0 Å². The van der Waals surface area contributed by atoms with E-state index in [4.69, 9.17) is 5.73 Å². The lowest BCUT2D eigenvalue weighted by atomic mass is 9.94. The van der Waals surface area contributed by atoms with E-state index in [0.717, 1.165) is 16.7 Å². The number of β-lactam (4-membered cyclic amide) rings is 1. The molecule has 4 atom stereocenters. The Morgan fingerprint density at radius 2 is 1.80 bits per heavy atom. The number of carboxylic acids is 1. The maximum absolute atomic E-state index is 14.1. The second kappa shape index (κ2) is 11.3. The summed E-state index contributed by atoms with van der Waals surface area (Å²) >= 11 is 1.12. The van der Waals surface area contributed by atoms with Crippen LogP contribution >= 0.6 is 11.8 Å². The van der Waals surface area contributed by atoms with Gasteiger partial charge in [0, 0.05) is 27.9 Å². The first-order valence-electron chi connectivity index (χ1n) is 13.6. The van der Waals surface area contributed by atoms with Crippen molar-refractivity contribution in [2.45, 2.75) is 49.0 Å². The molecule has 44 heavy (non-hydrogen) atoms. The molecule has 3 aromatic rings. The number of phenols is 1. The third-order valence-electron chi connectivity index (χ3n) is 7.57. The number of carboxylic acid groups (broad SMARTS) is 1. The molecule has 0 aliphatic carbocycles. The summed E-state index contributed by atoms with van der Waals surface area (Å²) in [5.41, 5.74) is 5.90. The minimum absolute atomic E-state index is 0.0841. The van der Waals surface area contributed by atoms with E-state index in [1.165, 1.54) is 42.5 Å². The second-order valence-electron chi connectivity index (χ2n) is 10.9. The first kappa shape index (κ1) is 30.6. The predicted octanol–water partition coefficient (Wildman–Crippen LogP) is 1.56. The molecule has 5 rings (SSSR count). The standard InChI is InChI=1S/C29H30N6O8S/c1-4-31-28(43)32-15-7-10-18-14(11-15)12-17(22(37)33-18)23(38)34(24(39)19(30)13-5-8-16(36)9-6-13)20-25(40)35-21(27(41)42)29(2,3)44-26(20)35/h5-12,19-21,26,36H,4,30H2,1-3H3,(H,33,37)(H,41,42)(H2,31,32,43)/t19?,20-,21+,26-/m1/s1. The Balaban J connectivity index is 1.57. The van der Waals surface area contributed by atoms with Gasteiger partial charge in [-0.2, -0.15) is 0 Å². The van der Waals surface area contributed by atoms with Crippen molar-refractivity contribution in [3.63, 3.8) is 0 Å². The molecule has 7 N–H and O–H groups in total. The molecule has 5 amide bonds. The highest BCUT2D eigenvalue weighted by molar-refractivity contribution is 8.01. The number of aromatic hydroxyl groups is 1. The highest BCUT2D eigenvalue weighted by Crippen LogP contribution is 2.52. The summed E-state index contributed by atoms with van der Waals surface area (Å²) < 4.78 is -0.953. The number of aliphatic carboxylic acids is 1. The maximum atomic E-state index is 14.1. The van der Waals surface area contributed by atoms with Gasteiger partial charge in [-0.25, -0.2) is 9.59 Å². The van der Waals surface area contributed by atoms with Crippen molar-refractivity contribution in [3.8, 4) is 5.75 Å². The van der Waals surface area contributed by atoms with Gasteiger partial charge in [0.25, 0.3) is 23.3 Å². The van der Waals surface area contributed by atoms with Crippen molar-refractivity contribution in [2.24, 2.45) is 5.73 Å². The molecule has 0 radical (unpaired) electrons. The highest BCUT2D eigenvalue weighted by atomic mass is 32.2. The number of rotatable bonds is 7. The number of nitrogens with one attached hydrogen (secondary N) is 3. The van der Waals surface area contributed by atoms with Crippen molar-refractivity contribution >= 4 is 58.1 Å². The van der Waals surface area contributed by atoms with E-state index < -0.39 is 69.1 Å². The Kier molecular flexibility index (Phi) is 7.86. The Hall–Kier alpha value is -4.89. The van der Waals surface area contributed by atoms with Gasteiger partial charge >= 0.3 is 12.0 Å². The van der Waals surface area contributed by atoms with Crippen LogP contribution in [0.1, 0.15) is 42.7 Å². The third-order valence-corrected chi connectivity index (χ3v) is 9.13. The van der Waals surface area contributed by atoms with Crippen LogP contribution in [0.4, 0.5) is 10.5 Å².